The summed E-state index contributed by atoms with van der Waals surface area (Å²) in [5, 5.41) is 9.21. The van der Waals surface area contributed by atoms with E-state index in [1.165, 1.54) is 6.42 Å². The average molecular weight is 196 g/mol. The Hall–Kier alpha value is -0.630. The van der Waals surface area contributed by atoms with Crippen molar-refractivity contribution in [2.24, 2.45) is 5.92 Å². The number of aromatic hydroxyl groups is 1. The number of benzene rings is 1. The standard InChI is InChI=1S/C11H16OS/c1-9(2)6-7-13-11-5-3-4-10(12)8-11/h3-5,8-9,12H,6-7H2,1-2H3. The number of thioether (sulfide) groups is 1. The summed E-state index contributed by atoms with van der Waals surface area (Å²) in [6, 6.07) is 7.43. The highest BCUT2D eigenvalue weighted by Gasteiger charge is 1.97. The second kappa shape index (κ2) is 5.18. The molecule has 1 aromatic carbocycles. The lowest BCUT2D eigenvalue weighted by molar-refractivity contribution is 0.474. The number of phenolic OH excluding ortho intramolecular Hbond substituents is 1. The largest absolute Gasteiger partial charge is 0.508 e. The predicted octanol–water partition coefficient (Wildman–Crippen LogP) is 3.53. The first kappa shape index (κ1) is 10.5. The molecule has 0 aliphatic carbocycles. The van der Waals surface area contributed by atoms with Crippen LogP contribution in [0.3, 0.4) is 0 Å². The third kappa shape index (κ3) is 4.23. The van der Waals surface area contributed by atoms with Gasteiger partial charge in [-0.1, -0.05) is 19.9 Å². The highest BCUT2D eigenvalue weighted by molar-refractivity contribution is 7.99. The first-order chi connectivity index (χ1) is 6.18. The van der Waals surface area contributed by atoms with Crippen molar-refractivity contribution in [1.29, 1.82) is 0 Å². The van der Waals surface area contributed by atoms with Crippen LogP contribution in [0.15, 0.2) is 29.2 Å². The fourth-order valence-electron chi connectivity index (χ4n) is 0.986. The lowest BCUT2D eigenvalue weighted by atomic mass is 10.2. The summed E-state index contributed by atoms with van der Waals surface area (Å²) in [4.78, 5) is 1.15. The first-order valence-electron chi connectivity index (χ1n) is 4.60. The van der Waals surface area contributed by atoms with Gasteiger partial charge < -0.3 is 5.11 Å². The monoisotopic (exact) mass is 196 g/mol. The Kier molecular flexibility index (Phi) is 4.16. The van der Waals surface area contributed by atoms with E-state index in [0.29, 0.717) is 5.75 Å². The molecule has 0 saturated carbocycles. The van der Waals surface area contributed by atoms with E-state index in [1.807, 2.05) is 18.2 Å². The number of rotatable bonds is 4. The molecular weight excluding hydrogens is 180 g/mol. The van der Waals surface area contributed by atoms with Crippen molar-refractivity contribution in [3.05, 3.63) is 24.3 Å². The molecule has 72 valence electrons. The minimum atomic E-state index is 0.356. The summed E-state index contributed by atoms with van der Waals surface area (Å²) in [6.45, 7) is 4.45. The van der Waals surface area contributed by atoms with Crippen molar-refractivity contribution in [2.45, 2.75) is 25.2 Å². The van der Waals surface area contributed by atoms with Crippen LogP contribution in [0.4, 0.5) is 0 Å². The topological polar surface area (TPSA) is 20.2 Å². The van der Waals surface area contributed by atoms with Gasteiger partial charge in [-0.15, -0.1) is 11.8 Å². The molecule has 2 heteroatoms. The summed E-state index contributed by atoms with van der Waals surface area (Å²) in [7, 11) is 0. The Labute approximate surface area is 84.2 Å². The maximum absolute atomic E-state index is 9.21. The molecular formula is C11H16OS. The zero-order valence-electron chi connectivity index (χ0n) is 8.16. The van der Waals surface area contributed by atoms with Crippen LogP contribution in [0.1, 0.15) is 20.3 Å². The molecule has 0 bridgehead atoms. The van der Waals surface area contributed by atoms with Crippen molar-refractivity contribution in [3.8, 4) is 5.75 Å². The molecule has 0 unspecified atom stereocenters. The summed E-state index contributed by atoms with van der Waals surface area (Å²) in [5.74, 6) is 2.24. The fourth-order valence-corrected chi connectivity index (χ4v) is 2.19. The van der Waals surface area contributed by atoms with Gasteiger partial charge in [-0.3, -0.25) is 0 Å². The molecule has 0 heterocycles. The summed E-state index contributed by atoms with van der Waals surface area (Å²) >= 11 is 1.80. The maximum Gasteiger partial charge on any atom is 0.116 e. The number of phenols is 1. The molecule has 0 aromatic heterocycles. The average Bonchev–Trinajstić information content (AvgIpc) is 2.03. The minimum Gasteiger partial charge on any atom is -0.508 e. The molecule has 1 rings (SSSR count). The number of hydrogen-bond acceptors (Lipinski definition) is 2. The van der Waals surface area contributed by atoms with E-state index in [2.05, 4.69) is 13.8 Å². The predicted molar refractivity (Wildman–Crippen MR) is 58.3 cm³/mol. The lowest BCUT2D eigenvalue weighted by Crippen LogP contribution is -1.88. The van der Waals surface area contributed by atoms with E-state index in [4.69, 9.17) is 0 Å². The van der Waals surface area contributed by atoms with Crippen molar-refractivity contribution < 1.29 is 5.11 Å². The number of hydrogen-bond donors (Lipinski definition) is 1. The van der Waals surface area contributed by atoms with Crippen molar-refractivity contribution in [1.82, 2.24) is 0 Å². The Morgan fingerprint density at radius 3 is 2.77 bits per heavy atom. The summed E-state index contributed by atoms with van der Waals surface area (Å²) < 4.78 is 0. The minimum absolute atomic E-state index is 0.356. The SMILES string of the molecule is CC(C)CCSc1cccc(O)c1. The second-order valence-electron chi connectivity index (χ2n) is 3.53. The van der Waals surface area contributed by atoms with Crippen LogP contribution < -0.4 is 0 Å². The van der Waals surface area contributed by atoms with E-state index in [1.54, 1.807) is 17.8 Å². The molecule has 0 saturated heterocycles. The van der Waals surface area contributed by atoms with Gasteiger partial charge in [0.25, 0.3) is 0 Å². The van der Waals surface area contributed by atoms with Crippen LogP contribution >= 0.6 is 11.8 Å². The molecule has 13 heavy (non-hydrogen) atoms. The first-order valence-corrected chi connectivity index (χ1v) is 5.59. The maximum atomic E-state index is 9.21. The zero-order chi connectivity index (χ0) is 9.68. The van der Waals surface area contributed by atoms with Crippen molar-refractivity contribution in [3.63, 3.8) is 0 Å². The van der Waals surface area contributed by atoms with Crippen molar-refractivity contribution in [2.75, 3.05) is 5.75 Å². The van der Waals surface area contributed by atoms with Crippen LogP contribution in [0.5, 0.6) is 5.75 Å². The molecule has 0 aliphatic rings. The van der Waals surface area contributed by atoms with Gasteiger partial charge in [0.05, 0.1) is 0 Å². The van der Waals surface area contributed by atoms with Gasteiger partial charge in [-0.25, -0.2) is 0 Å². The molecule has 1 nitrogen and oxygen atoms in total. The van der Waals surface area contributed by atoms with Gasteiger partial charge in [0.1, 0.15) is 5.75 Å². The van der Waals surface area contributed by atoms with Gasteiger partial charge in [0, 0.05) is 4.90 Å². The van der Waals surface area contributed by atoms with E-state index in [-0.39, 0.29) is 0 Å². The van der Waals surface area contributed by atoms with Crippen LogP contribution in [-0.4, -0.2) is 10.9 Å². The molecule has 0 aliphatic heterocycles. The third-order valence-electron chi connectivity index (χ3n) is 1.78. The Bertz CT molecular complexity index is 258. The van der Waals surface area contributed by atoms with Gasteiger partial charge in [0.15, 0.2) is 0 Å². The second-order valence-corrected chi connectivity index (χ2v) is 4.70. The van der Waals surface area contributed by atoms with Crippen molar-refractivity contribution >= 4 is 11.8 Å². The fraction of sp³-hybridized carbons (Fsp3) is 0.455. The third-order valence-corrected chi connectivity index (χ3v) is 2.81. The summed E-state index contributed by atoms with van der Waals surface area (Å²) in [6.07, 6.45) is 1.22. The lowest BCUT2D eigenvalue weighted by Gasteiger charge is -2.04. The molecule has 0 atom stereocenters. The smallest absolute Gasteiger partial charge is 0.116 e. The Balaban J connectivity index is 2.37. The summed E-state index contributed by atoms with van der Waals surface area (Å²) in [5.41, 5.74) is 0. The quantitative estimate of drug-likeness (QED) is 0.743. The molecule has 0 amide bonds. The van der Waals surface area contributed by atoms with E-state index in [0.717, 1.165) is 16.6 Å². The Morgan fingerprint density at radius 1 is 1.38 bits per heavy atom. The van der Waals surface area contributed by atoms with Crippen LogP contribution in [0.25, 0.3) is 0 Å². The molecule has 1 aromatic rings. The van der Waals surface area contributed by atoms with E-state index < -0.39 is 0 Å². The molecule has 0 fully saturated rings. The van der Waals surface area contributed by atoms with E-state index >= 15 is 0 Å². The van der Waals surface area contributed by atoms with E-state index in [9.17, 15) is 5.11 Å². The molecule has 0 radical (unpaired) electrons. The van der Waals surface area contributed by atoms with Crippen LogP contribution in [0.2, 0.25) is 0 Å². The van der Waals surface area contributed by atoms with Gasteiger partial charge in [-0.05, 0) is 36.3 Å². The van der Waals surface area contributed by atoms with Crippen LogP contribution in [-0.2, 0) is 0 Å². The highest BCUT2D eigenvalue weighted by atomic mass is 32.2. The molecule has 0 spiro atoms. The Morgan fingerprint density at radius 2 is 2.15 bits per heavy atom. The van der Waals surface area contributed by atoms with Crippen LogP contribution in [0, 0.1) is 5.92 Å². The highest BCUT2D eigenvalue weighted by Crippen LogP contribution is 2.23. The zero-order valence-corrected chi connectivity index (χ0v) is 8.97. The van der Waals surface area contributed by atoms with Gasteiger partial charge >= 0.3 is 0 Å². The van der Waals surface area contributed by atoms with Gasteiger partial charge in [-0.2, -0.15) is 0 Å². The van der Waals surface area contributed by atoms with Gasteiger partial charge in [0.2, 0.25) is 0 Å². The normalized spacial score (nSPS) is 10.7. The molecule has 1 N–H and O–H groups in total.